The van der Waals surface area contributed by atoms with E-state index < -0.39 is 0 Å². The van der Waals surface area contributed by atoms with Crippen LogP contribution in [-0.2, 0) is 16.1 Å². The SMILES string of the molecule is CCN(CC(=O)NCc1ccc(Cl)cc1)C(=O)COc1ccc(C(C)=O)cc1OC. The van der Waals surface area contributed by atoms with Crippen molar-refractivity contribution in [3.63, 3.8) is 0 Å². The van der Waals surface area contributed by atoms with Crippen molar-refractivity contribution in [1.29, 1.82) is 0 Å². The maximum Gasteiger partial charge on any atom is 0.260 e. The van der Waals surface area contributed by atoms with Gasteiger partial charge < -0.3 is 19.7 Å². The molecule has 8 heteroatoms. The third-order valence-corrected chi connectivity index (χ3v) is 4.65. The van der Waals surface area contributed by atoms with Crippen molar-refractivity contribution >= 4 is 29.2 Å². The van der Waals surface area contributed by atoms with Gasteiger partial charge in [0.25, 0.3) is 5.91 Å². The number of likely N-dealkylation sites (N-methyl/N-ethyl adjacent to an activating group) is 1. The minimum Gasteiger partial charge on any atom is -0.493 e. The van der Waals surface area contributed by atoms with Gasteiger partial charge in [-0.05, 0) is 49.7 Å². The van der Waals surface area contributed by atoms with Crippen LogP contribution in [0.3, 0.4) is 0 Å². The van der Waals surface area contributed by atoms with E-state index in [1.165, 1.54) is 18.9 Å². The molecule has 0 saturated heterocycles. The Morgan fingerprint density at radius 1 is 1.07 bits per heavy atom. The van der Waals surface area contributed by atoms with Gasteiger partial charge >= 0.3 is 0 Å². The molecule has 2 amide bonds. The second-order valence-electron chi connectivity index (χ2n) is 6.52. The number of carbonyl (C=O) groups is 3. The summed E-state index contributed by atoms with van der Waals surface area (Å²) in [4.78, 5) is 37.6. The Bertz CT molecular complexity index is 899. The maximum absolute atomic E-state index is 12.5. The Morgan fingerprint density at radius 3 is 2.37 bits per heavy atom. The van der Waals surface area contributed by atoms with Gasteiger partial charge in [0, 0.05) is 23.7 Å². The van der Waals surface area contributed by atoms with Gasteiger partial charge in [-0.2, -0.15) is 0 Å². The van der Waals surface area contributed by atoms with Gasteiger partial charge in [-0.25, -0.2) is 0 Å². The molecule has 0 heterocycles. The van der Waals surface area contributed by atoms with E-state index in [4.69, 9.17) is 21.1 Å². The van der Waals surface area contributed by atoms with Crippen LogP contribution in [0.2, 0.25) is 5.02 Å². The fourth-order valence-corrected chi connectivity index (χ4v) is 2.77. The van der Waals surface area contributed by atoms with Gasteiger partial charge in [-0.1, -0.05) is 23.7 Å². The number of benzene rings is 2. The number of Topliss-reactive ketones (excluding diaryl/α,β-unsaturated/α-hetero) is 1. The highest BCUT2D eigenvalue weighted by molar-refractivity contribution is 6.30. The van der Waals surface area contributed by atoms with E-state index in [0.717, 1.165) is 5.56 Å². The van der Waals surface area contributed by atoms with Crippen molar-refractivity contribution < 1.29 is 23.9 Å². The number of nitrogens with one attached hydrogen (secondary N) is 1. The van der Waals surface area contributed by atoms with E-state index in [0.29, 0.717) is 35.2 Å². The average Bonchev–Trinajstić information content (AvgIpc) is 2.75. The van der Waals surface area contributed by atoms with Crippen molar-refractivity contribution in [2.45, 2.75) is 20.4 Å². The molecule has 2 aromatic rings. The molecule has 0 bridgehead atoms. The summed E-state index contributed by atoms with van der Waals surface area (Å²) in [5, 5.41) is 3.40. The van der Waals surface area contributed by atoms with Crippen LogP contribution in [-0.4, -0.2) is 49.3 Å². The van der Waals surface area contributed by atoms with Crippen LogP contribution in [0, 0.1) is 0 Å². The Morgan fingerprint density at radius 2 is 1.77 bits per heavy atom. The summed E-state index contributed by atoms with van der Waals surface area (Å²) in [5.74, 6) is -0.00331. The lowest BCUT2D eigenvalue weighted by atomic mass is 10.1. The Hall–Kier alpha value is -3.06. The predicted octanol–water partition coefficient (Wildman–Crippen LogP) is 3.09. The molecule has 0 aromatic heterocycles. The van der Waals surface area contributed by atoms with E-state index in [2.05, 4.69) is 5.32 Å². The molecular formula is C22H25ClN2O5. The van der Waals surface area contributed by atoms with Crippen LogP contribution in [0.4, 0.5) is 0 Å². The van der Waals surface area contributed by atoms with E-state index >= 15 is 0 Å². The average molecular weight is 433 g/mol. The highest BCUT2D eigenvalue weighted by atomic mass is 35.5. The van der Waals surface area contributed by atoms with Gasteiger partial charge in [0.1, 0.15) is 0 Å². The smallest absolute Gasteiger partial charge is 0.260 e. The molecule has 2 aromatic carbocycles. The number of halogens is 1. The zero-order valence-corrected chi connectivity index (χ0v) is 18.0. The largest absolute Gasteiger partial charge is 0.493 e. The first kappa shape index (κ1) is 23.2. The van der Waals surface area contributed by atoms with Gasteiger partial charge in [0.15, 0.2) is 23.9 Å². The summed E-state index contributed by atoms with van der Waals surface area (Å²) in [7, 11) is 1.46. The van der Waals surface area contributed by atoms with Crippen molar-refractivity contribution in [1.82, 2.24) is 10.2 Å². The number of methoxy groups -OCH3 is 1. The zero-order valence-electron chi connectivity index (χ0n) is 17.2. The molecule has 0 radical (unpaired) electrons. The van der Waals surface area contributed by atoms with Crippen LogP contribution in [0.1, 0.15) is 29.8 Å². The standard InChI is InChI=1S/C22H25ClN2O5/c1-4-25(13-21(27)24-12-16-5-8-18(23)9-6-16)22(28)14-30-19-10-7-17(15(2)26)11-20(19)29-3/h5-11H,4,12-14H2,1-3H3,(H,24,27). The van der Waals surface area contributed by atoms with Crippen LogP contribution in [0.25, 0.3) is 0 Å². The third kappa shape index (κ3) is 6.77. The van der Waals surface area contributed by atoms with Gasteiger partial charge in [-0.15, -0.1) is 0 Å². The second kappa shape index (κ2) is 11.2. The minimum absolute atomic E-state index is 0.0767. The summed E-state index contributed by atoms with van der Waals surface area (Å²) in [6.07, 6.45) is 0. The van der Waals surface area contributed by atoms with Crippen molar-refractivity contribution in [3.05, 3.63) is 58.6 Å². The number of rotatable bonds is 10. The fourth-order valence-electron chi connectivity index (χ4n) is 2.65. The number of nitrogens with zero attached hydrogens (tertiary/aromatic N) is 1. The van der Waals surface area contributed by atoms with E-state index in [1.807, 2.05) is 12.1 Å². The lowest BCUT2D eigenvalue weighted by molar-refractivity contribution is -0.137. The summed E-state index contributed by atoms with van der Waals surface area (Å²) in [5.41, 5.74) is 1.39. The number of ketones is 1. The first-order valence-corrected chi connectivity index (χ1v) is 9.82. The summed E-state index contributed by atoms with van der Waals surface area (Å²) < 4.78 is 10.8. The molecule has 160 valence electrons. The quantitative estimate of drug-likeness (QED) is 0.583. The lowest BCUT2D eigenvalue weighted by Gasteiger charge is -2.21. The van der Waals surface area contributed by atoms with E-state index in [9.17, 15) is 14.4 Å². The Labute approximate surface area is 180 Å². The summed E-state index contributed by atoms with van der Waals surface area (Å²) in [6, 6.07) is 11.9. The van der Waals surface area contributed by atoms with E-state index in [-0.39, 0.29) is 30.7 Å². The molecule has 0 saturated carbocycles. The topological polar surface area (TPSA) is 84.9 Å². The third-order valence-electron chi connectivity index (χ3n) is 4.39. The van der Waals surface area contributed by atoms with Gasteiger partial charge in [0.2, 0.25) is 5.91 Å². The molecule has 0 aliphatic heterocycles. The zero-order chi connectivity index (χ0) is 22.1. The van der Waals surface area contributed by atoms with Crippen LogP contribution in [0.15, 0.2) is 42.5 Å². The molecule has 0 aliphatic rings. The predicted molar refractivity (Wildman–Crippen MR) is 114 cm³/mol. The molecule has 1 N–H and O–H groups in total. The summed E-state index contributed by atoms with van der Waals surface area (Å²) >= 11 is 5.85. The number of hydrogen-bond acceptors (Lipinski definition) is 5. The number of ether oxygens (including phenoxy) is 2. The second-order valence-corrected chi connectivity index (χ2v) is 6.96. The number of carbonyl (C=O) groups excluding carboxylic acids is 3. The number of amides is 2. The first-order valence-electron chi connectivity index (χ1n) is 9.44. The van der Waals surface area contributed by atoms with Crippen molar-refractivity contribution in [2.75, 3.05) is 26.8 Å². The Kier molecular flexibility index (Phi) is 8.68. The van der Waals surface area contributed by atoms with Crippen LogP contribution in [0.5, 0.6) is 11.5 Å². The summed E-state index contributed by atoms with van der Waals surface area (Å²) in [6.45, 7) is 3.61. The van der Waals surface area contributed by atoms with Crippen molar-refractivity contribution in [2.24, 2.45) is 0 Å². The molecule has 0 fully saturated rings. The fraction of sp³-hybridized carbons (Fsp3) is 0.318. The Balaban J connectivity index is 1.89. The molecular weight excluding hydrogens is 408 g/mol. The number of hydrogen-bond donors (Lipinski definition) is 1. The minimum atomic E-state index is -0.336. The first-order chi connectivity index (χ1) is 14.3. The lowest BCUT2D eigenvalue weighted by Crippen LogP contribution is -2.42. The van der Waals surface area contributed by atoms with Crippen LogP contribution >= 0.6 is 11.6 Å². The molecule has 7 nitrogen and oxygen atoms in total. The van der Waals surface area contributed by atoms with Crippen LogP contribution < -0.4 is 14.8 Å². The monoisotopic (exact) mass is 432 g/mol. The normalized spacial score (nSPS) is 10.3. The molecule has 0 unspecified atom stereocenters. The highest BCUT2D eigenvalue weighted by Crippen LogP contribution is 2.28. The molecule has 0 spiro atoms. The van der Waals surface area contributed by atoms with Gasteiger partial charge in [0.05, 0.1) is 13.7 Å². The van der Waals surface area contributed by atoms with Crippen molar-refractivity contribution in [3.8, 4) is 11.5 Å². The van der Waals surface area contributed by atoms with E-state index in [1.54, 1.807) is 37.3 Å². The molecule has 0 aliphatic carbocycles. The molecule has 0 atom stereocenters. The molecule has 2 rings (SSSR count). The van der Waals surface area contributed by atoms with Gasteiger partial charge in [-0.3, -0.25) is 14.4 Å². The highest BCUT2D eigenvalue weighted by Gasteiger charge is 2.17. The maximum atomic E-state index is 12.5. The molecule has 30 heavy (non-hydrogen) atoms.